The fourth-order valence-corrected chi connectivity index (χ4v) is 1.55. The van der Waals surface area contributed by atoms with Crippen LogP contribution in [0.4, 0.5) is 15.8 Å². The highest BCUT2D eigenvalue weighted by Crippen LogP contribution is 2.25. The Morgan fingerprint density at radius 1 is 1.42 bits per heavy atom. The first kappa shape index (κ1) is 12.8. The van der Waals surface area contributed by atoms with Crippen LogP contribution in [0.3, 0.4) is 0 Å². The summed E-state index contributed by atoms with van der Waals surface area (Å²) in [6, 6.07) is 6.07. The average molecular weight is 261 g/mol. The van der Waals surface area contributed by atoms with E-state index in [9.17, 15) is 9.18 Å². The van der Waals surface area contributed by atoms with Gasteiger partial charge in [-0.1, -0.05) is 0 Å². The molecule has 0 spiro atoms. The van der Waals surface area contributed by atoms with Crippen LogP contribution in [-0.2, 0) is 0 Å². The highest BCUT2D eigenvalue weighted by molar-refractivity contribution is 6.04. The van der Waals surface area contributed by atoms with E-state index in [2.05, 4.69) is 10.3 Å². The fraction of sp³-hybridized carbons (Fsp3) is 0.0769. The summed E-state index contributed by atoms with van der Waals surface area (Å²) < 4.78 is 18.4. The number of carbonyl (C=O) groups is 1. The van der Waals surface area contributed by atoms with Crippen molar-refractivity contribution < 1.29 is 13.9 Å². The Labute approximate surface area is 109 Å². The highest BCUT2D eigenvalue weighted by atomic mass is 19.1. The Morgan fingerprint density at radius 2 is 2.21 bits per heavy atom. The van der Waals surface area contributed by atoms with E-state index in [1.54, 1.807) is 18.2 Å². The molecular formula is C13H12FN3O2. The first-order valence-electron chi connectivity index (χ1n) is 5.46. The van der Waals surface area contributed by atoms with Crippen molar-refractivity contribution in [3.63, 3.8) is 0 Å². The molecule has 3 N–H and O–H groups in total. The Kier molecular flexibility index (Phi) is 3.61. The Morgan fingerprint density at radius 3 is 2.89 bits per heavy atom. The molecular weight excluding hydrogens is 249 g/mol. The summed E-state index contributed by atoms with van der Waals surface area (Å²) in [5, 5.41) is 2.56. The molecule has 5 nitrogen and oxygen atoms in total. The molecule has 0 saturated heterocycles. The minimum absolute atomic E-state index is 0.0780. The van der Waals surface area contributed by atoms with E-state index in [-0.39, 0.29) is 5.56 Å². The number of nitrogens with zero attached hydrogens (tertiary/aromatic N) is 1. The lowest BCUT2D eigenvalue weighted by Gasteiger charge is -2.09. The Hall–Kier alpha value is -2.63. The van der Waals surface area contributed by atoms with Crippen molar-refractivity contribution in [2.24, 2.45) is 0 Å². The predicted molar refractivity (Wildman–Crippen MR) is 69.6 cm³/mol. The molecule has 0 bridgehead atoms. The van der Waals surface area contributed by atoms with Crippen molar-refractivity contribution in [1.82, 2.24) is 4.98 Å². The average Bonchev–Trinajstić information content (AvgIpc) is 2.41. The monoisotopic (exact) mass is 261 g/mol. The number of amides is 1. The minimum atomic E-state index is -0.678. The van der Waals surface area contributed by atoms with Crippen LogP contribution in [0.2, 0.25) is 0 Å². The molecule has 0 radical (unpaired) electrons. The molecule has 19 heavy (non-hydrogen) atoms. The summed E-state index contributed by atoms with van der Waals surface area (Å²) in [5.74, 6) is -0.804. The molecule has 2 aromatic rings. The van der Waals surface area contributed by atoms with Crippen LogP contribution in [0.15, 0.2) is 36.7 Å². The smallest absolute Gasteiger partial charge is 0.258 e. The standard InChI is InChI=1S/C13H12FN3O2/c1-19-12-6-8(2-3-11(12)15)17-13(18)9-4-5-16-7-10(9)14/h2-7H,15H2,1H3,(H,17,18). The van der Waals surface area contributed by atoms with E-state index in [0.29, 0.717) is 17.1 Å². The zero-order valence-corrected chi connectivity index (χ0v) is 10.2. The summed E-state index contributed by atoms with van der Waals surface area (Å²) in [5.41, 5.74) is 6.50. The fourth-order valence-electron chi connectivity index (χ4n) is 1.55. The van der Waals surface area contributed by atoms with Gasteiger partial charge in [0.2, 0.25) is 0 Å². The third kappa shape index (κ3) is 2.79. The summed E-state index contributed by atoms with van der Waals surface area (Å²) in [6.07, 6.45) is 2.33. The predicted octanol–water partition coefficient (Wildman–Crippen LogP) is 2.06. The van der Waals surface area contributed by atoms with Gasteiger partial charge in [0.1, 0.15) is 5.75 Å². The normalized spacial score (nSPS) is 10.0. The number of nitrogens with two attached hydrogens (primary N) is 1. The maximum absolute atomic E-state index is 13.4. The van der Waals surface area contributed by atoms with Crippen LogP contribution in [0, 0.1) is 5.82 Å². The van der Waals surface area contributed by atoms with E-state index < -0.39 is 11.7 Å². The molecule has 0 unspecified atom stereocenters. The number of carbonyl (C=O) groups excluding carboxylic acids is 1. The first-order valence-corrected chi connectivity index (χ1v) is 5.46. The summed E-state index contributed by atoms with van der Waals surface area (Å²) in [4.78, 5) is 15.5. The quantitative estimate of drug-likeness (QED) is 0.829. The molecule has 98 valence electrons. The van der Waals surface area contributed by atoms with Gasteiger partial charge in [-0.05, 0) is 18.2 Å². The van der Waals surface area contributed by atoms with Gasteiger partial charge in [-0.2, -0.15) is 0 Å². The minimum Gasteiger partial charge on any atom is -0.495 e. The lowest BCUT2D eigenvalue weighted by atomic mass is 10.2. The van der Waals surface area contributed by atoms with E-state index >= 15 is 0 Å². The van der Waals surface area contributed by atoms with Crippen molar-refractivity contribution >= 4 is 17.3 Å². The molecule has 0 aliphatic carbocycles. The number of rotatable bonds is 3. The molecule has 0 atom stereocenters. The molecule has 0 fully saturated rings. The number of aromatic nitrogens is 1. The van der Waals surface area contributed by atoms with Crippen LogP contribution in [0.5, 0.6) is 5.75 Å². The molecule has 1 amide bonds. The number of ether oxygens (including phenoxy) is 1. The van der Waals surface area contributed by atoms with Gasteiger partial charge in [0, 0.05) is 18.0 Å². The van der Waals surface area contributed by atoms with E-state index in [4.69, 9.17) is 10.5 Å². The topological polar surface area (TPSA) is 77.2 Å². The number of nitrogen functional groups attached to an aromatic ring is 1. The van der Waals surface area contributed by atoms with Gasteiger partial charge < -0.3 is 15.8 Å². The lowest BCUT2D eigenvalue weighted by molar-refractivity contribution is 0.102. The first-order chi connectivity index (χ1) is 9.11. The van der Waals surface area contributed by atoms with Crippen LogP contribution in [-0.4, -0.2) is 18.0 Å². The van der Waals surface area contributed by atoms with Crippen molar-refractivity contribution in [2.45, 2.75) is 0 Å². The van der Waals surface area contributed by atoms with Gasteiger partial charge in [0.05, 0.1) is 24.6 Å². The highest BCUT2D eigenvalue weighted by Gasteiger charge is 2.12. The van der Waals surface area contributed by atoms with Crippen molar-refractivity contribution in [2.75, 3.05) is 18.2 Å². The zero-order valence-electron chi connectivity index (χ0n) is 10.2. The second-order valence-corrected chi connectivity index (χ2v) is 3.77. The van der Waals surface area contributed by atoms with Crippen molar-refractivity contribution in [3.8, 4) is 5.75 Å². The summed E-state index contributed by atoms with van der Waals surface area (Å²) >= 11 is 0. The SMILES string of the molecule is COc1cc(NC(=O)c2ccncc2F)ccc1N. The number of anilines is 2. The van der Waals surface area contributed by atoms with Crippen LogP contribution < -0.4 is 15.8 Å². The number of halogens is 1. The van der Waals surface area contributed by atoms with Crippen LogP contribution >= 0.6 is 0 Å². The van der Waals surface area contributed by atoms with Crippen LogP contribution in [0.1, 0.15) is 10.4 Å². The van der Waals surface area contributed by atoms with Gasteiger partial charge in [-0.25, -0.2) is 4.39 Å². The largest absolute Gasteiger partial charge is 0.495 e. The summed E-state index contributed by atoms with van der Waals surface area (Å²) in [7, 11) is 1.47. The maximum atomic E-state index is 13.4. The molecule has 1 aromatic heterocycles. The second kappa shape index (κ2) is 5.34. The van der Waals surface area contributed by atoms with E-state index in [1.807, 2.05) is 0 Å². The number of benzene rings is 1. The molecule has 2 rings (SSSR count). The zero-order chi connectivity index (χ0) is 13.8. The van der Waals surface area contributed by atoms with Gasteiger partial charge in [-0.3, -0.25) is 9.78 Å². The van der Waals surface area contributed by atoms with Crippen molar-refractivity contribution in [1.29, 1.82) is 0 Å². The number of hydrogen-bond acceptors (Lipinski definition) is 4. The number of hydrogen-bond donors (Lipinski definition) is 2. The van der Waals surface area contributed by atoms with E-state index in [1.165, 1.54) is 19.4 Å². The molecule has 0 saturated carbocycles. The van der Waals surface area contributed by atoms with Gasteiger partial charge >= 0.3 is 0 Å². The van der Waals surface area contributed by atoms with Gasteiger partial charge in [0.25, 0.3) is 5.91 Å². The Bertz CT molecular complexity index is 617. The van der Waals surface area contributed by atoms with Gasteiger partial charge in [-0.15, -0.1) is 0 Å². The molecule has 0 aliphatic heterocycles. The number of pyridine rings is 1. The maximum Gasteiger partial charge on any atom is 0.258 e. The van der Waals surface area contributed by atoms with Crippen molar-refractivity contribution in [3.05, 3.63) is 48.0 Å². The number of methoxy groups -OCH3 is 1. The van der Waals surface area contributed by atoms with Crippen LogP contribution in [0.25, 0.3) is 0 Å². The molecule has 1 aromatic carbocycles. The molecule has 0 aliphatic rings. The second-order valence-electron chi connectivity index (χ2n) is 3.77. The third-order valence-corrected chi connectivity index (χ3v) is 2.51. The molecule has 6 heteroatoms. The lowest BCUT2D eigenvalue weighted by Crippen LogP contribution is -2.14. The molecule has 1 heterocycles. The van der Waals surface area contributed by atoms with Gasteiger partial charge in [0.15, 0.2) is 5.82 Å². The number of nitrogens with one attached hydrogen (secondary N) is 1. The van der Waals surface area contributed by atoms with E-state index in [0.717, 1.165) is 6.20 Å². The third-order valence-electron chi connectivity index (χ3n) is 2.51. The summed E-state index contributed by atoms with van der Waals surface area (Å²) in [6.45, 7) is 0. The Balaban J connectivity index is 2.22.